The molecule has 3 aromatic carbocycles. The quantitative estimate of drug-likeness (QED) is 0.256. The maximum absolute atomic E-state index is 3.00. The van der Waals surface area contributed by atoms with Gasteiger partial charge in [0.25, 0.3) is 0 Å². The van der Waals surface area contributed by atoms with E-state index in [-0.39, 0.29) is 5.41 Å². The molecule has 0 aromatic heterocycles. The van der Waals surface area contributed by atoms with E-state index in [1.54, 1.807) is 0 Å². The van der Waals surface area contributed by atoms with Gasteiger partial charge < -0.3 is 4.90 Å². The van der Waals surface area contributed by atoms with Crippen LogP contribution in [0, 0.1) is 0 Å². The molecule has 0 saturated carbocycles. The van der Waals surface area contributed by atoms with Crippen molar-refractivity contribution in [1.29, 1.82) is 0 Å². The van der Waals surface area contributed by atoms with Crippen LogP contribution in [-0.2, 0) is 12.0 Å². The maximum atomic E-state index is 3.00. The molecule has 0 amide bonds. The molecule has 36 heavy (non-hydrogen) atoms. The van der Waals surface area contributed by atoms with Crippen LogP contribution in [0.5, 0.6) is 0 Å². The Bertz CT molecular complexity index is 1110. The molecule has 0 unspecified atom stereocenters. The number of rotatable bonds is 6. The van der Waals surface area contributed by atoms with Gasteiger partial charge in [-0.25, -0.2) is 0 Å². The van der Waals surface area contributed by atoms with Crippen LogP contribution in [0.1, 0.15) is 64.2 Å². The lowest BCUT2D eigenvalue weighted by Crippen LogP contribution is -2.17. The van der Waals surface area contributed by atoms with Crippen LogP contribution in [0.4, 0.5) is 11.4 Å². The van der Waals surface area contributed by atoms with E-state index < -0.39 is 0 Å². The predicted molar refractivity (Wildman–Crippen MR) is 161 cm³/mol. The Hall–Kier alpha value is -3.72. The standard InChI is InChI=1S/C29H31N.C2H4N2.C2H6/c1-29(2,3)26-18-14-23(15-19-26)22-30(27-12-8-5-9-13-27)28-20-16-25(17-21-28)24-10-6-4-7-11-24;1-3-4-2;1-2/h4-6,8-10,12-21H,7,11,22H2,1-3H3;1-2H2;1-2H3. The minimum atomic E-state index is 0.177. The summed E-state index contributed by atoms with van der Waals surface area (Å²) < 4.78 is 0. The minimum absolute atomic E-state index is 0.177. The largest absolute Gasteiger partial charge is 0.337 e. The lowest BCUT2D eigenvalue weighted by molar-refractivity contribution is 0.590. The van der Waals surface area contributed by atoms with Crippen LogP contribution in [0.15, 0.2) is 107 Å². The monoisotopic (exact) mass is 479 g/mol. The first-order valence-corrected chi connectivity index (χ1v) is 12.7. The van der Waals surface area contributed by atoms with Gasteiger partial charge in [-0.3, -0.25) is 0 Å². The number of hydrogen-bond acceptors (Lipinski definition) is 3. The van der Waals surface area contributed by atoms with Gasteiger partial charge in [-0.15, -0.1) is 0 Å². The third kappa shape index (κ3) is 8.49. The van der Waals surface area contributed by atoms with Gasteiger partial charge in [0.15, 0.2) is 0 Å². The lowest BCUT2D eigenvalue weighted by Gasteiger charge is -2.26. The third-order valence-corrected chi connectivity index (χ3v) is 5.89. The summed E-state index contributed by atoms with van der Waals surface area (Å²) in [6, 6.07) is 28.8. The molecular weight excluding hydrogens is 438 g/mol. The van der Waals surface area contributed by atoms with Gasteiger partial charge in [-0.05, 0) is 64.8 Å². The summed E-state index contributed by atoms with van der Waals surface area (Å²) in [5.74, 6) is 0. The highest BCUT2D eigenvalue weighted by Crippen LogP contribution is 2.31. The minimum Gasteiger partial charge on any atom is -0.337 e. The van der Waals surface area contributed by atoms with Crippen LogP contribution < -0.4 is 4.90 Å². The summed E-state index contributed by atoms with van der Waals surface area (Å²) in [4.78, 5) is 2.39. The molecule has 0 N–H and O–H groups in total. The molecule has 0 heterocycles. The number of allylic oxidation sites excluding steroid dienone is 4. The van der Waals surface area contributed by atoms with E-state index in [4.69, 9.17) is 0 Å². The van der Waals surface area contributed by atoms with Crippen LogP contribution in [0.25, 0.3) is 5.57 Å². The van der Waals surface area contributed by atoms with Crippen LogP contribution in [0.3, 0.4) is 0 Å². The molecule has 0 aliphatic heterocycles. The molecule has 0 bridgehead atoms. The predicted octanol–water partition coefficient (Wildman–Crippen LogP) is 9.38. The molecule has 0 fully saturated rings. The molecule has 3 heteroatoms. The maximum Gasteiger partial charge on any atom is 0.0481 e. The van der Waals surface area contributed by atoms with Crippen molar-refractivity contribution in [2.45, 2.75) is 59.4 Å². The van der Waals surface area contributed by atoms with Crippen molar-refractivity contribution < 1.29 is 0 Å². The second-order valence-corrected chi connectivity index (χ2v) is 9.36. The van der Waals surface area contributed by atoms with Crippen LogP contribution in [0.2, 0.25) is 0 Å². The van der Waals surface area contributed by atoms with Crippen LogP contribution in [-0.4, -0.2) is 13.4 Å². The van der Waals surface area contributed by atoms with Gasteiger partial charge in [-0.1, -0.05) is 107 Å². The highest BCUT2D eigenvalue weighted by Gasteiger charge is 2.15. The summed E-state index contributed by atoms with van der Waals surface area (Å²) in [6.45, 7) is 17.6. The zero-order valence-electron chi connectivity index (χ0n) is 22.6. The van der Waals surface area contributed by atoms with Crippen LogP contribution >= 0.6 is 0 Å². The molecule has 3 nitrogen and oxygen atoms in total. The van der Waals surface area contributed by atoms with Crippen molar-refractivity contribution in [2.75, 3.05) is 4.90 Å². The molecule has 0 radical (unpaired) electrons. The van der Waals surface area contributed by atoms with Gasteiger partial charge in [0.05, 0.1) is 0 Å². The first-order valence-electron chi connectivity index (χ1n) is 12.7. The summed E-state index contributed by atoms with van der Waals surface area (Å²) in [6.07, 6.45) is 8.90. The van der Waals surface area contributed by atoms with E-state index in [0.717, 1.165) is 19.4 Å². The highest BCUT2D eigenvalue weighted by molar-refractivity contribution is 5.71. The van der Waals surface area contributed by atoms with E-state index in [9.17, 15) is 0 Å². The Morgan fingerprint density at radius 2 is 1.36 bits per heavy atom. The van der Waals surface area contributed by atoms with Crippen molar-refractivity contribution in [3.8, 4) is 0 Å². The van der Waals surface area contributed by atoms with Crippen molar-refractivity contribution >= 4 is 30.4 Å². The van der Waals surface area contributed by atoms with E-state index in [2.05, 4.69) is 146 Å². The van der Waals surface area contributed by atoms with Crippen molar-refractivity contribution in [3.63, 3.8) is 0 Å². The third-order valence-electron chi connectivity index (χ3n) is 5.89. The number of hydrogen-bond donors (Lipinski definition) is 0. The molecule has 4 rings (SSSR count). The Balaban J connectivity index is 0.000000694. The van der Waals surface area contributed by atoms with Gasteiger partial charge in [0, 0.05) is 31.4 Å². The summed E-state index contributed by atoms with van der Waals surface area (Å²) in [5.41, 5.74) is 8.05. The molecule has 188 valence electrons. The number of benzene rings is 3. The zero-order valence-corrected chi connectivity index (χ0v) is 22.6. The second kappa shape index (κ2) is 14.6. The molecule has 0 atom stereocenters. The average Bonchev–Trinajstić information content (AvgIpc) is 2.94. The molecule has 0 spiro atoms. The summed E-state index contributed by atoms with van der Waals surface area (Å²) in [7, 11) is 0. The van der Waals surface area contributed by atoms with Gasteiger partial charge in [0.2, 0.25) is 0 Å². The van der Waals surface area contributed by atoms with Crippen molar-refractivity contribution in [3.05, 3.63) is 114 Å². The fourth-order valence-electron chi connectivity index (χ4n) is 3.93. The van der Waals surface area contributed by atoms with E-state index in [0.29, 0.717) is 0 Å². The van der Waals surface area contributed by atoms with E-state index in [1.165, 1.54) is 33.6 Å². The topological polar surface area (TPSA) is 28.0 Å². The van der Waals surface area contributed by atoms with E-state index >= 15 is 0 Å². The van der Waals surface area contributed by atoms with Gasteiger partial charge >= 0.3 is 0 Å². The zero-order chi connectivity index (χ0) is 26.4. The molecule has 0 saturated heterocycles. The normalized spacial score (nSPS) is 12.2. The summed E-state index contributed by atoms with van der Waals surface area (Å²) >= 11 is 0. The SMILES string of the molecule is C=NN=C.CC.CC(C)(C)c1ccc(CN(c2ccccc2)c2ccc(C3=CC=CCC3)cc2)cc1. The average molecular weight is 480 g/mol. The van der Waals surface area contributed by atoms with Crippen molar-refractivity contribution in [2.24, 2.45) is 10.2 Å². The van der Waals surface area contributed by atoms with Gasteiger partial charge in [-0.2, -0.15) is 10.2 Å². The lowest BCUT2D eigenvalue weighted by atomic mass is 9.87. The van der Waals surface area contributed by atoms with E-state index in [1.807, 2.05) is 13.8 Å². The first kappa shape index (κ1) is 28.5. The molecule has 3 aromatic rings. The Morgan fingerprint density at radius 1 is 0.778 bits per heavy atom. The Morgan fingerprint density at radius 3 is 1.86 bits per heavy atom. The Labute approximate surface area is 218 Å². The number of nitrogens with zero attached hydrogens (tertiary/aromatic N) is 3. The summed E-state index contributed by atoms with van der Waals surface area (Å²) in [5, 5.41) is 6.00. The molecule has 1 aliphatic rings. The molecular formula is C33H41N3. The fourth-order valence-corrected chi connectivity index (χ4v) is 3.93. The highest BCUT2D eigenvalue weighted by atomic mass is 15.2. The number of para-hydroxylation sites is 1. The fraction of sp³-hybridized carbons (Fsp3) is 0.273. The van der Waals surface area contributed by atoms with Gasteiger partial charge in [0.1, 0.15) is 0 Å². The molecule has 1 aliphatic carbocycles. The second-order valence-electron chi connectivity index (χ2n) is 9.36. The Kier molecular flexibility index (Phi) is 11.6. The van der Waals surface area contributed by atoms with Crippen molar-refractivity contribution in [1.82, 2.24) is 0 Å². The first-order chi connectivity index (χ1) is 17.4. The smallest absolute Gasteiger partial charge is 0.0481 e. The number of anilines is 2.